The second-order valence-electron chi connectivity index (χ2n) is 17.0. The second-order valence-corrected chi connectivity index (χ2v) is 17.3. The number of carboxylic acid groups (broad SMARTS) is 4. The number of ketones is 2. The number of hydrogen-bond donors (Lipinski definition) is 12. The topological polar surface area (TPSA) is 393 Å². The summed E-state index contributed by atoms with van der Waals surface area (Å²) < 4.78 is 4.61. The molecule has 0 radical (unpaired) electrons. The average molecular weight is 1040 g/mol. The van der Waals surface area contributed by atoms with Gasteiger partial charge >= 0.3 is 29.9 Å². The van der Waals surface area contributed by atoms with Crippen LogP contribution in [0.4, 0.5) is 4.79 Å². The Morgan fingerprint density at radius 1 is 0.575 bits per heavy atom. The van der Waals surface area contributed by atoms with E-state index in [1.807, 2.05) is 0 Å². The van der Waals surface area contributed by atoms with Gasteiger partial charge in [0, 0.05) is 56.9 Å². The molecule has 2 aromatic carbocycles. The van der Waals surface area contributed by atoms with E-state index in [4.69, 9.17) is 10.8 Å². The van der Waals surface area contributed by atoms with Crippen molar-refractivity contribution in [2.45, 2.75) is 120 Å². The summed E-state index contributed by atoms with van der Waals surface area (Å²) in [6.07, 6.45) is -2.06. The van der Waals surface area contributed by atoms with Gasteiger partial charge in [-0.3, -0.25) is 47.9 Å². The van der Waals surface area contributed by atoms with Crippen LogP contribution in [0.5, 0.6) is 0 Å². The molecule has 25 heteroatoms. The van der Waals surface area contributed by atoms with Gasteiger partial charge in [0.1, 0.15) is 12.1 Å². The molecule has 7 atom stereocenters. The third-order valence-electron chi connectivity index (χ3n) is 11.1. The number of nitrogens with one attached hydrogen (secondary N) is 6. The van der Waals surface area contributed by atoms with Crippen molar-refractivity contribution in [2.75, 3.05) is 18.8 Å². The number of thiol groups is 1. The van der Waals surface area contributed by atoms with Crippen LogP contribution in [0, 0.1) is 11.8 Å². The molecule has 0 bridgehead atoms. The van der Waals surface area contributed by atoms with E-state index in [-0.39, 0.29) is 63.7 Å². The van der Waals surface area contributed by atoms with E-state index in [0.717, 1.165) is 5.56 Å². The summed E-state index contributed by atoms with van der Waals surface area (Å²) in [6.45, 7) is -0.254. The summed E-state index contributed by atoms with van der Waals surface area (Å²) >= 11 is 3.91. The first-order valence-electron chi connectivity index (χ1n) is 23.4. The molecule has 0 aliphatic rings. The van der Waals surface area contributed by atoms with Gasteiger partial charge in [-0.1, -0.05) is 73.5 Å². The van der Waals surface area contributed by atoms with Gasteiger partial charge in [0.05, 0.1) is 30.8 Å². The Morgan fingerprint density at radius 3 is 1.75 bits per heavy atom. The van der Waals surface area contributed by atoms with Crippen LogP contribution in [-0.4, -0.2) is 141 Å². The van der Waals surface area contributed by atoms with Crippen molar-refractivity contribution < 1.29 is 82.7 Å². The maximum atomic E-state index is 14.1. The Labute approximate surface area is 426 Å². The molecule has 0 spiro atoms. The Hall–Kier alpha value is -7.41. The number of amides is 6. The molecule has 0 heterocycles. The molecule has 0 aliphatic carbocycles. The number of carboxylic acids is 4. The Bertz CT molecular complexity index is 2190. The van der Waals surface area contributed by atoms with Gasteiger partial charge in [0.25, 0.3) is 6.47 Å². The predicted molar refractivity (Wildman–Crippen MR) is 261 cm³/mol. The maximum absolute atomic E-state index is 14.1. The van der Waals surface area contributed by atoms with Gasteiger partial charge < -0.3 is 62.8 Å². The SMILES string of the molecule is N[C@@H](CNC(=O)C(CC(=O)[C@H](Cc1ccccc1)NC(=O)CCCCCCNC(=O)CC[C@H](NC(=O)N[C@@H](CCC(=O)O)OC=O)C(=O)O)Cc1ccccc1)C(=O)N[C@@H](CC(=O)O)C(=O)C[C@H](CS)C(=O)O. The fourth-order valence-corrected chi connectivity index (χ4v) is 7.40. The molecule has 0 saturated carbocycles. The Kier molecular flexibility index (Phi) is 28.8. The zero-order valence-electron chi connectivity index (χ0n) is 40.0. The molecule has 73 heavy (non-hydrogen) atoms. The number of urea groups is 1. The van der Waals surface area contributed by atoms with Crippen molar-refractivity contribution in [3.63, 3.8) is 0 Å². The van der Waals surface area contributed by atoms with Crippen molar-refractivity contribution in [1.82, 2.24) is 31.9 Å². The molecule has 2 aromatic rings. The number of nitrogens with two attached hydrogens (primary N) is 1. The third kappa shape index (κ3) is 26.0. The number of Topliss-reactive ketones (excluding diaryl/α,β-unsaturated/α-hetero) is 2. The van der Waals surface area contributed by atoms with Crippen molar-refractivity contribution in [3.05, 3.63) is 71.8 Å². The summed E-state index contributed by atoms with van der Waals surface area (Å²) in [5.41, 5.74) is 7.48. The van der Waals surface area contributed by atoms with Crippen molar-refractivity contribution >= 4 is 84.2 Å². The second kappa shape index (κ2) is 34.0. The van der Waals surface area contributed by atoms with Crippen LogP contribution < -0.4 is 37.6 Å². The van der Waals surface area contributed by atoms with Crippen LogP contribution in [0.15, 0.2) is 60.7 Å². The average Bonchev–Trinajstić information content (AvgIpc) is 3.34. The van der Waals surface area contributed by atoms with Crippen LogP contribution >= 0.6 is 12.6 Å². The number of carbonyl (C=O) groups excluding carboxylic acids is 8. The van der Waals surface area contributed by atoms with Gasteiger partial charge in [-0.25, -0.2) is 9.59 Å². The van der Waals surface area contributed by atoms with E-state index in [1.54, 1.807) is 60.7 Å². The largest absolute Gasteiger partial charge is 0.481 e. The van der Waals surface area contributed by atoms with Gasteiger partial charge in [0.2, 0.25) is 23.6 Å². The lowest BCUT2D eigenvalue weighted by atomic mass is 9.89. The number of unbranched alkanes of at least 4 members (excludes halogenated alkanes) is 3. The monoisotopic (exact) mass is 1040 g/mol. The standard InChI is InChI=1S/C48H65N7O17S/c49-33(45(66)53-36(25-43(63)64)38(58)24-32(27-73)46(67)68)26-51-44(65)31(21-29-11-5-3-6-12-29)23-37(57)35(22-30-13-7-4-8-14-30)52-40(60)15-9-1-2-10-20-50-39(59)17-16-34(47(69)70)54-48(71)55-41(72-28-56)18-19-42(61)62/h3-8,11-14,28,31-36,41,73H,1-2,9-10,15-27,49H2,(H,50,59)(H,51,65)(H,52,60)(H,53,66)(H,61,62)(H,63,64)(H,67,68)(H,69,70)(H2,54,55,71)/t31?,32-,33+,34+,35+,36+,41-/m1/s1. The molecule has 2 rings (SSSR count). The molecule has 12 N–H and O–H groups in total. The molecule has 0 aromatic heterocycles. The Morgan fingerprint density at radius 2 is 1.18 bits per heavy atom. The van der Waals surface area contributed by atoms with E-state index < -0.39 is 133 Å². The van der Waals surface area contributed by atoms with E-state index in [1.165, 1.54) is 0 Å². The predicted octanol–water partition coefficient (Wildman–Crippen LogP) is 0.488. The van der Waals surface area contributed by atoms with E-state index in [2.05, 4.69) is 49.3 Å². The fourth-order valence-electron chi connectivity index (χ4n) is 7.12. The lowest BCUT2D eigenvalue weighted by Gasteiger charge is -2.23. The van der Waals surface area contributed by atoms with Gasteiger partial charge in [-0.15, -0.1) is 0 Å². The highest BCUT2D eigenvalue weighted by Crippen LogP contribution is 2.17. The van der Waals surface area contributed by atoms with Crippen LogP contribution in [0.25, 0.3) is 0 Å². The van der Waals surface area contributed by atoms with Crippen LogP contribution in [0.3, 0.4) is 0 Å². The summed E-state index contributed by atoms with van der Waals surface area (Å²) in [6, 6.07) is 11.0. The molecular weight excluding hydrogens is 979 g/mol. The van der Waals surface area contributed by atoms with Gasteiger partial charge in [0.15, 0.2) is 17.8 Å². The van der Waals surface area contributed by atoms with Gasteiger partial charge in [-0.05, 0) is 43.2 Å². The van der Waals surface area contributed by atoms with Crippen LogP contribution in [0.1, 0.15) is 88.2 Å². The molecule has 1 unspecified atom stereocenters. The molecular formula is C48H65N7O17S. The van der Waals surface area contributed by atoms with E-state index in [0.29, 0.717) is 31.2 Å². The smallest absolute Gasteiger partial charge is 0.326 e. The highest BCUT2D eigenvalue weighted by Gasteiger charge is 2.32. The van der Waals surface area contributed by atoms with Crippen LogP contribution in [0.2, 0.25) is 0 Å². The quantitative estimate of drug-likeness (QED) is 0.0188. The minimum absolute atomic E-state index is 0.000102. The number of benzene rings is 2. The maximum Gasteiger partial charge on any atom is 0.326 e. The molecule has 24 nitrogen and oxygen atoms in total. The summed E-state index contributed by atoms with van der Waals surface area (Å²) in [5, 5.41) is 51.5. The summed E-state index contributed by atoms with van der Waals surface area (Å²) in [7, 11) is 0. The number of rotatable bonds is 38. The summed E-state index contributed by atoms with van der Waals surface area (Å²) in [4.78, 5) is 148. The highest BCUT2D eigenvalue weighted by molar-refractivity contribution is 7.80. The number of hydrogen-bond acceptors (Lipinski definition) is 15. The minimum atomic E-state index is -1.61. The molecule has 6 amide bonds. The third-order valence-corrected chi connectivity index (χ3v) is 11.6. The van der Waals surface area contributed by atoms with Crippen molar-refractivity contribution in [3.8, 4) is 0 Å². The first-order valence-corrected chi connectivity index (χ1v) is 24.0. The molecule has 0 aliphatic heterocycles. The highest BCUT2D eigenvalue weighted by atomic mass is 32.1. The lowest BCUT2D eigenvalue weighted by molar-refractivity contribution is -0.144. The zero-order valence-corrected chi connectivity index (χ0v) is 40.9. The first-order chi connectivity index (χ1) is 34.7. The lowest BCUT2D eigenvalue weighted by Crippen LogP contribution is -2.53. The normalized spacial score (nSPS) is 13.7. The van der Waals surface area contributed by atoms with Gasteiger partial charge in [-0.2, -0.15) is 12.6 Å². The van der Waals surface area contributed by atoms with Crippen molar-refractivity contribution in [2.24, 2.45) is 17.6 Å². The fraction of sp³-hybridized carbons (Fsp3) is 0.500. The van der Waals surface area contributed by atoms with E-state index >= 15 is 0 Å². The first kappa shape index (κ1) is 61.7. The number of aliphatic carboxylic acids is 4. The number of carbonyl (C=O) groups is 12. The summed E-state index contributed by atoms with van der Waals surface area (Å²) in [5.74, 6) is -11.8. The zero-order chi connectivity index (χ0) is 54.3. The molecule has 0 saturated heterocycles. The van der Waals surface area contributed by atoms with Crippen LogP contribution in [-0.2, 0) is 70.3 Å². The van der Waals surface area contributed by atoms with Crippen molar-refractivity contribution in [1.29, 1.82) is 0 Å². The molecule has 400 valence electrons. The molecule has 0 fully saturated rings. The number of ether oxygens (including phenoxy) is 1. The minimum Gasteiger partial charge on any atom is -0.481 e. The Balaban J connectivity index is 1.98. The van der Waals surface area contributed by atoms with E-state index in [9.17, 15) is 72.9 Å².